The molecule has 0 bridgehead atoms. The van der Waals surface area contributed by atoms with E-state index in [1.165, 1.54) is 0 Å². The van der Waals surface area contributed by atoms with Gasteiger partial charge in [0.15, 0.2) is 0 Å². The summed E-state index contributed by atoms with van der Waals surface area (Å²) in [7, 11) is 3.96. The van der Waals surface area contributed by atoms with Crippen molar-refractivity contribution >= 4 is 29.1 Å². The van der Waals surface area contributed by atoms with Crippen molar-refractivity contribution in [3.05, 3.63) is 64.7 Å². The zero-order chi connectivity index (χ0) is 19.4. The summed E-state index contributed by atoms with van der Waals surface area (Å²) < 4.78 is 0. The van der Waals surface area contributed by atoms with Gasteiger partial charge in [0.05, 0.1) is 6.04 Å². The van der Waals surface area contributed by atoms with Crippen LogP contribution < -0.4 is 10.2 Å². The third-order valence-electron chi connectivity index (χ3n) is 4.85. The van der Waals surface area contributed by atoms with Gasteiger partial charge in [-0.3, -0.25) is 9.59 Å². The molecule has 3 rings (SSSR count). The van der Waals surface area contributed by atoms with Crippen LogP contribution in [0.1, 0.15) is 34.8 Å². The third-order valence-corrected chi connectivity index (χ3v) is 5.10. The van der Waals surface area contributed by atoms with Crippen LogP contribution in [0.4, 0.5) is 5.69 Å². The number of hydrogen-bond donors (Lipinski definition) is 1. The van der Waals surface area contributed by atoms with Crippen LogP contribution in [0.5, 0.6) is 0 Å². The van der Waals surface area contributed by atoms with E-state index in [4.69, 9.17) is 11.6 Å². The van der Waals surface area contributed by atoms with Gasteiger partial charge in [0.1, 0.15) is 0 Å². The summed E-state index contributed by atoms with van der Waals surface area (Å²) in [6.45, 7) is 1.23. The van der Waals surface area contributed by atoms with Crippen molar-refractivity contribution < 1.29 is 9.59 Å². The number of halogens is 1. The summed E-state index contributed by atoms with van der Waals surface area (Å²) in [6.07, 6.45) is 1.48. The van der Waals surface area contributed by atoms with Crippen molar-refractivity contribution in [1.29, 1.82) is 0 Å². The van der Waals surface area contributed by atoms with Gasteiger partial charge < -0.3 is 15.1 Å². The SMILES string of the molecule is CN(C)C(CNC(=O)c1ccc(N2CCCC2=O)cc1)c1ccc(Cl)cc1. The van der Waals surface area contributed by atoms with E-state index in [0.29, 0.717) is 23.6 Å². The second-order valence-electron chi connectivity index (χ2n) is 6.94. The summed E-state index contributed by atoms with van der Waals surface area (Å²) in [5, 5.41) is 3.69. The number of likely N-dealkylation sites (N-methyl/N-ethyl adjacent to an activating group) is 1. The minimum atomic E-state index is -0.130. The molecule has 1 aliphatic heterocycles. The van der Waals surface area contributed by atoms with Gasteiger partial charge in [0, 0.05) is 35.8 Å². The second-order valence-corrected chi connectivity index (χ2v) is 7.37. The molecule has 1 N–H and O–H groups in total. The lowest BCUT2D eigenvalue weighted by Gasteiger charge is -2.25. The van der Waals surface area contributed by atoms with Crippen molar-refractivity contribution in [3.8, 4) is 0 Å². The van der Waals surface area contributed by atoms with Gasteiger partial charge in [-0.2, -0.15) is 0 Å². The Kier molecular flexibility index (Phi) is 6.14. The lowest BCUT2D eigenvalue weighted by molar-refractivity contribution is -0.117. The molecule has 1 saturated heterocycles. The normalized spacial score (nSPS) is 15.3. The molecule has 27 heavy (non-hydrogen) atoms. The molecular weight excluding hydrogens is 362 g/mol. The van der Waals surface area contributed by atoms with E-state index in [-0.39, 0.29) is 17.9 Å². The van der Waals surface area contributed by atoms with E-state index in [9.17, 15) is 9.59 Å². The predicted molar refractivity (Wildman–Crippen MR) is 108 cm³/mol. The summed E-state index contributed by atoms with van der Waals surface area (Å²) in [6, 6.07) is 14.9. The molecule has 2 aromatic carbocycles. The van der Waals surface area contributed by atoms with Crippen LogP contribution in [-0.2, 0) is 4.79 Å². The molecule has 2 amide bonds. The van der Waals surface area contributed by atoms with Gasteiger partial charge in [-0.1, -0.05) is 23.7 Å². The summed E-state index contributed by atoms with van der Waals surface area (Å²) in [4.78, 5) is 28.2. The Bertz CT molecular complexity index is 803. The largest absolute Gasteiger partial charge is 0.350 e. The van der Waals surface area contributed by atoms with Crippen molar-refractivity contribution in [3.63, 3.8) is 0 Å². The molecule has 0 spiro atoms. The van der Waals surface area contributed by atoms with E-state index < -0.39 is 0 Å². The number of carbonyl (C=O) groups excluding carboxylic acids is 2. The first kappa shape index (κ1) is 19.4. The molecule has 1 heterocycles. The smallest absolute Gasteiger partial charge is 0.251 e. The molecule has 2 aromatic rings. The van der Waals surface area contributed by atoms with Crippen molar-refractivity contribution in [2.75, 3.05) is 32.1 Å². The van der Waals surface area contributed by atoms with E-state index in [1.54, 1.807) is 17.0 Å². The lowest BCUT2D eigenvalue weighted by atomic mass is 10.1. The van der Waals surface area contributed by atoms with Crippen molar-refractivity contribution in [2.24, 2.45) is 0 Å². The Hall–Kier alpha value is -2.37. The van der Waals surface area contributed by atoms with Crippen LogP contribution in [0.25, 0.3) is 0 Å². The molecule has 0 radical (unpaired) electrons. The van der Waals surface area contributed by atoms with E-state index in [0.717, 1.165) is 24.2 Å². The number of nitrogens with one attached hydrogen (secondary N) is 1. The molecule has 142 valence electrons. The van der Waals surface area contributed by atoms with Crippen LogP contribution in [0, 0.1) is 0 Å². The van der Waals surface area contributed by atoms with Gasteiger partial charge >= 0.3 is 0 Å². The number of carbonyl (C=O) groups is 2. The number of anilines is 1. The number of benzene rings is 2. The summed E-state index contributed by atoms with van der Waals surface area (Å²) in [5.41, 5.74) is 2.52. The van der Waals surface area contributed by atoms with Gasteiger partial charge in [0.2, 0.25) is 5.91 Å². The highest BCUT2D eigenvalue weighted by molar-refractivity contribution is 6.30. The third kappa shape index (κ3) is 4.67. The zero-order valence-electron chi connectivity index (χ0n) is 15.6. The van der Waals surface area contributed by atoms with Crippen molar-refractivity contribution in [2.45, 2.75) is 18.9 Å². The predicted octanol–water partition coefficient (Wildman–Crippen LogP) is 3.50. The first-order valence-corrected chi connectivity index (χ1v) is 9.44. The maximum atomic E-state index is 12.5. The Labute approximate surface area is 164 Å². The highest BCUT2D eigenvalue weighted by atomic mass is 35.5. The molecule has 1 fully saturated rings. The number of rotatable bonds is 6. The van der Waals surface area contributed by atoms with Crippen LogP contribution in [0.2, 0.25) is 5.02 Å². The molecule has 0 aromatic heterocycles. The fourth-order valence-corrected chi connectivity index (χ4v) is 3.41. The summed E-state index contributed by atoms with van der Waals surface area (Å²) in [5.74, 6) is 0.0131. The first-order chi connectivity index (χ1) is 13.0. The monoisotopic (exact) mass is 385 g/mol. The molecule has 0 aliphatic carbocycles. The minimum absolute atomic E-state index is 0.0488. The van der Waals surface area contributed by atoms with Crippen LogP contribution >= 0.6 is 11.6 Å². The quantitative estimate of drug-likeness (QED) is 0.828. The number of nitrogens with zero attached hydrogens (tertiary/aromatic N) is 2. The molecule has 5 nitrogen and oxygen atoms in total. The second kappa shape index (κ2) is 8.55. The standard InChI is InChI=1S/C21H24ClN3O2/c1-24(2)19(15-5-9-17(22)10-6-15)14-23-21(27)16-7-11-18(12-8-16)25-13-3-4-20(25)26/h5-12,19H,3-4,13-14H2,1-2H3,(H,23,27). The molecule has 6 heteroatoms. The van der Waals surface area contributed by atoms with Gasteiger partial charge in [0.25, 0.3) is 5.91 Å². The molecule has 1 unspecified atom stereocenters. The Balaban J connectivity index is 1.63. The number of hydrogen-bond acceptors (Lipinski definition) is 3. The van der Waals surface area contributed by atoms with Crippen LogP contribution in [-0.4, -0.2) is 43.9 Å². The minimum Gasteiger partial charge on any atom is -0.350 e. The Morgan fingerprint density at radius 1 is 1.15 bits per heavy atom. The highest BCUT2D eigenvalue weighted by Crippen LogP contribution is 2.22. The lowest BCUT2D eigenvalue weighted by Crippen LogP contribution is -2.34. The molecule has 1 atom stereocenters. The molecule has 1 aliphatic rings. The summed E-state index contributed by atoms with van der Waals surface area (Å²) >= 11 is 5.96. The van der Waals surface area contributed by atoms with E-state index in [1.807, 2.05) is 50.5 Å². The topological polar surface area (TPSA) is 52.7 Å². The van der Waals surface area contributed by atoms with Gasteiger partial charge in [-0.15, -0.1) is 0 Å². The fraction of sp³-hybridized carbons (Fsp3) is 0.333. The van der Waals surface area contributed by atoms with E-state index >= 15 is 0 Å². The molecule has 0 saturated carbocycles. The van der Waals surface area contributed by atoms with Crippen LogP contribution in [0.15, 0.2) is 48.5 Å². The maximum Gasteiger partial charge on any atom is 0.251 e. The zero-order valence-corrected chi connectivity index (χ0v) is 16.4. The molecular formula is C21H24ClN3O2. The fourth-order valence-electron chi connectivity index (χ4n) is 3.29. The number of amides is 2. The van der Waals surface area contributed by atoms with Crippen molar-refractivity contribution in [1.82, 2.24) is 10.2 Å². The van der Waals surface area contributed by atoms with Crippen LogP contribution in [0.3, 0.4) is 0 Å². The average molecular weight is 386 g/mol. The highest BCUT2D eigenvalue weighted by Gasteiger charge is 2.22. The first-order valence-electron chi connectivity index (χ1n) is 9.06. The maximum absolute atomic E-state index is 12.5. The van der Waals surface area contributed by atoms with Gasteiger partial charge in [-0.05, 0) is 62.5 Å². The average Bonchev–Trinajstić information content (AvgIpc) is 3.09. The Morgan fingerprint density at radius 3 is 2.37 bits per heavy atom. The van der Waals surface area contributed by atoms with E-state index in [2.05, 4.69) is 10.2 Å². The Morgan fingerprint density at radius 2 is 1.81 bits per heavy atom. The van der Waals surface area contributed by atoms with Gasteiger partial charge in [-0.25, -0.2) is 0 Å².